The summed E-state index contributed by atoms with van der Waals surface area (Å²) >= 11 is 0. The summed E-state index contributed by atoms with van der Waals surface area (Å²) in [6, 6.07) is 0. The Morgan fingerprint density at radius 3 is 2.70 bits per heavy atom. The van der Waals surface area contributed by atoms with Crippen LogP contribution in [0.3, 0.4) is 0 Å². The van der Waals surface area contributed by atoms with Crippen molar-refractivity contribution in [3.05, 3.63) is 0 Å². The van der Waals surface area contributed by atoms with Gasteiger partial charge in [0.15, 0.2) is 0 Å². The minimum Gasteiger partial charge on any atom is -0.480 e. The molecule has 1 saturated heterocycles. The molecule has 1 aliphatic heterocycles. The average Bonchev–Trinajstić information content (AvgIpc) is 3.14. The molecule has 0 radical (unpaired) electrons. The summed E-state index contributed by atoms with van der Waals surface area (Å²) in [5, 5.41) is 13.1. The second-order valence-electron chi connectivity index (χ2n) is 6.31. The van der Waals surface area contributed by atoms with Gasteiger partial charge in [-0.15, -0.1) is 0 Å². The summed E-state index contributed by atoms with van der Waals surface area (Å²) in [4.78, 5) is 14.0. The van der Waals surface area contributed by atoms with Gasteiger partial charge in [0.25, 0.3) is 0 Å². The molecular weight excluding hydrogens is 256 g/mol. The fourth-order valence-electron chi connectivity index (χ4n) is 3.20. The van der Waals surface area contributed by atoms with Gasteiger partial charge < -0.3 is 20.1 Å². The van der Waals surface area contributed by atoms with E-state index in [1.165, 1.54) is 0 Å². The molecule has 0 spiro atoms. The minimum absolute atomic E-state index is 0.275. The number of rotatable bonds is 9. The third-order valence-electron chi connectivity index (χ3n) is 4.40. The van der Waals surface area contributed by atoms with Gasteiger partial charge in [-0.1, -0.05) is 6.92 Å². The van der Waals surface area contributed by atoms with Crippen LogP contribution >= 0.6 is 0 Å². The molecule has 0 amide bonds. The smallest absolute Gasteiger partial charge is 0.325 e. The van der Waals surface area contributed by atoms with Crippen LogP contribution in [0, 0.1) is 5.92 Å². The van der Waals surface area contributed by atoms with Crippen LogP contribution in [-0.2, 0) is 9.53 Å². The Labute approximate surface area is 121 Å². The third-order valence-corrected chi connectivity index (χ3v) is 4.40. The first kappa shape index (κ1) is 15.7. The zero-order valence-electron chi connectivity index (χ0n) is 12.7. The average molecular weight is 284 g/mol. The van der Waals surface area contributed by atoms with Crippen molar-refractivity contribution in [1.82, 2.24) is 10.2 Å². The molecule has 0 bridgehead atoms. The van der Waals surface area contributed by atoms with Crippen molar-refractivity contribution < 1.29 is 14.6 Å². The van der Waals surface area contributed by atoms with Crippen LogP contribution in [0.4, 0.5) is 0 Å². The van der Waals surface area contributed by atoms with E-state index in [2.05, 4.69) is 17.1 Å². The second kappa shape index (κ2) is 6.87. The van der Waals surface area contributed by atoms with E-state index >= 15 is 0 Å². The van der Waals surface area contributed by atoms with Gasteiger partial charge in [0.1, 0.15) is 5.54 Å². The maximum absolute atomic E-state index is 11.9. The summed E-state index contributed by atoms with van der Waals surface area (Å²) < 4.78 is 5.65. The molecule has 0 aromatic heterocycles. The zero-order chi connectivity index (χ0) is 14.6. The molecule has 5 nitrogen and oxygen atoms in total. The summed E-state index contributed by atoms with van der Waals surface area (Å²) in [6.45, 7) is 5.07. The van der Waals surface area contributed by atoms with Gasteiger partial charge in [0.05, 0.1) is 6.10 Å². The number of nitrogens with one attached hydrogen (secondary N) is 1. The highest BCUT2D eigenvalue weighted by molar-refractivity contribution is 5.80. The lowest BCUT2D eigenvalue weighted by atomic mass is 9.92. The molecule has 1 aliphatic carbocycles. The van der Waals surface area contributed by atoms with Crippen molar-refractivity contribution in [1.29, 1.82) is 0 Å². The monoisotopic (exact) mass is 284 g/mol. The molecule has 116 valence electrons. The van der Waals surface area contributed by atoms with Gasteiger partial charge in [-0.25, -0.2) is 0 Å². The molecule has 0 aromatic rings. The SMILES string of the molecule is CCCNC(CN(C)CC1CCCO1)(C(=O)O)C1CC1. The van der Waals surface area contributed by atoms with Crippen molar-refractivity contribution in [3.63, 3.8) is 0 Å². The number of nitrogens with zero attached hydrogens (tertiary/aromatic N) is 1. The van der Waals surface area contributed by atoms with E-state index in [1.807, 2.05) is 7.05 Å². The summed E-state index contributed by atoms with van der Waals surface area (Å²) in [7, 11) is 2.01. The van der Waals surface area contributed by atoms with Crippen molar-refractivity contribution in [2.75, 3.05) is 33.3 Å². The molecule has 2 aliphatic rings. The van der Waals surface area contributed by atoms with Crippen LogP contribution in [0.2, 0.25) is 0 Å². The first-order valence-electron chi connectivity index (χ1n) is 7.87. The molecule has 2 atom stereocenters. The number of likely N-dealkylation sites (N-methyl/N-ethyl adjacent to an activating group) is 1. The molecule has 2 fully saturated rings. The van der Waals surface area contributed by atoms with Crippen molar-refractivity contribution in [2.45, 2.75) is 50.7 Å². The highest BCUT2D eigenvalue weighted by Gasteiger charge is 2.51. The van der Waals surface area contributed by atoms with Crippen LogP contribution in [0.5, 0.6) is 0 Å². The molecule has 0 aromatic carbocycles. The molecule has 2 rings (SSSR count). The van der Waals surface area contributed by atoms with Crippen LogP contribution in [0.15, 0.2) is 0 Å². The molecule has 1 saturated carbocycles. The molecule has 20 heavy (non-hydrogen) atoms. The molecule has 1 heterocycles. The van der Waals surface area contributed by atoms with E-state index in [-0.39, 0.29) is 12.0 Å². The van der Waals surface area contributed by atoms with Crippen molar-refractivity contribution >= 4 is 5.97 Å². The second-order valence-corrected chi connectivity index (χ2v) is 6.31. The number of hydrogen-bond donors (Lipinski definition) is 2. The number of carbonyl (C=O) groups is 1. The Morgan fingerprint density at radius 2 is 2.20 bits per heavy atom. The van der Waals surface area contributed by atoms with Gasteiger partial charge in [0.2, 0.25) is 0 Å². The van der Waals surface area contributed by atoms with E-state index < -0.39 is 11.5 Å². The number of aliphatic carboxylic acids is 1. The van der Waals surface area contributed by atoms with Gasteiger partial charge in [-0.05, 0) is 51.6 Å². The largest absolute Gasteiger partial charge is 0.480 e. The summed E-state index contributed by atoms with van der Waals surface area (Å²) in [5.74, 6) is -0.425. The van der Waals surface area contributed by atoms with Crippen LogP contribution in [-0.4, -0.2) is 60.9 Å². The first-order valence-corrected chi connectivity index (χ1v) is 7.87. The Balaban J connectivity index is 1.96. The summed E-state index contributed by atoms with van der Waals surface area (Å²) in [6.07, 6.45) is 5.50. The predicted molar refractivity (Wildman–Crippen MR) is 77.9 cm³/mol. The quantitative estimate of drug-likeness (QED) is 0.669. The van der Waals surface area contributed by atoms with Gasteiger partial charge >= 0.3 is 5.97 Å². The predicted octanol–water partition coefficient (Wildman–Crippen LogP) is 1.33. The number of hydrogen-bond acceptors (Lipinski definition) is 4. The third kappa shape index (κ3) is 3.71. The van der Waals surface area contributed by atoms with Crippen molar-refractivity contribution in [3.8, 4) is 0 Å². The minimum atomic E-state index is -0.774. The Morgan fingerprint density at radius 1 is 1.45 bits per heavy atom. The van der Waals surface area contributed by atoms with E-state index in [4.69, 9.17) is 4.74 Å². The summed E-state index contributed by atoms with van der Waals surface area (Å²) in [5.41, 5.74) is -0.774. The normalized spacial score (nSPS) is 25.9. The molecule has 2 unspecified atom stereocenters. The molecule has 2 N–H and O–H groups in total. The number of carboxylic acids is 1. The van der Waals surface area contributed by atoms with Crippen LogP contribution in [0.25, 0.3) is 0 Å². The van der Waals surface area contributed by atoms with E-state index in [0.29, 0.717) is 6.54 Å². The fraction of sp³-hybridized carbons (Fsp3) is 0.933. The zero-order valence-corrected chi connectivity index (χ0v) is 12.7. The lowest BCUT2D eigenvalue weighted by Gasteiger charge is -2.35. The van der Waals surface area contributed by atoms with Gasteiger partial charge in [-0.3, -0.25) is 4.79 Å². The molecule has 5 heteroatoms. The van der Waals surface area contributed by atoms with Crippen LogP contribution in [0.1, 0.15) is 39.0 Å². The first-order chi connectivity index (χ1) is 9.58. The lowest BCUT2D eigenvalue weighted by Crippen LogP contribution is -2.61. The van der Waals surface area contributed by atoms with Crippen molar-refractivity contribution in [2.24, 2.45) is 5.92 Å². The Kier molecular flexibility index (Phi) is 5.41. The maximum Gasteiger partial charge on any atom is 0.325 e. The lowest BCUT2D eigenvalue weighted by molar-refractivity contribution is -0.147. The van der Waals surface area contributed by atoms with E-state index in [0.717, 1.165) is 51.8 Å². The maximum atomic E-state index is 11.9. The van der Waals surface area contributed by atoms with Gasteiger partial charge in [0, 0.05) is 19.7 Å². The standard InChI is InChI=1S/C15H28N2O3/c1-3-8-16-15(14(18)19,12-6-7-12)11-17(2)10-13-5-4-9-20-13/h12-13,16H,3-11H2,1-2H3,(H,18,19). The Bertz CT molecular complexity index is 327. The number of ether oxygens (including phenoxy) is 1. The van der Waals surface area contributed by atoms with E-state index in [9.17, 15) is 9.90 Å². The van der Waals surface area contributed by atoms with Crippen LogP contribution < -0.4 is 5.32 Å². The number of carboxylic acid groups (broad SMARTS) is 1. The highest BCUT2D eigenvalue weighted by atomic mass is 16.5. The molecular formula is C15H28N2O3. The fourth-order valence-corrected chi connectivity index (χ4v) is 3.20. The van der Waals surface area contributed by atoms with E-state index in [1.54, 1.807) is 0 Å². The van der Waals surface area contributed by atoms with Gasteiger partial charge in [-0.2, -0.15) is 0 Å². The Hall–Kier alpha value is -0.650. The topological polar surface area (TPSA) is 61.8 Å². The highest BCUT2D eigenvalue weighted by Crippen LogP contribution is 2.40.